The smallest absolute Gasteiger partial charge is 0.407 e. The van der Waals surface area contributed by atoms with E-state index >= 15 is 0 Å². The first-order valence-corrected chi connectivity index (χ1v) is 5.35. The Balaban J connectivity index is 2.43. The third kappa shape index (κ3) is 2.60. The summed E-state index contributed by atoms with van der Waals surface area (Å²) in [7, 11) is 0. The molecule has 3 N–H and O–H groups in total. The minimum absolute atomic E-state index is 0.156. The van der Waals surface area contributed by atoms with Crippen LogP contribution in [0.1, 0.15) is 12.8 Å². The molecular formula is C8H13BrN2O3. The van der Waals surface area contributed by atoms with E-state index in [1.807, 2.05) is 0 Å². The number of carbonyl (C=O) groups is 2. The number of nitrogens with two attached hydrogens (primary N) is 1. The summed E-state index contributed by atoms with van der Waals surface area (Å²) in [6.07, 6.45) is 0.477. The molecule has 5 nitrogen and oxygen atoms in total. The molecule has 0 saturated carbocycles. The van der Waals surface area contributed by atoms with Crippen LogP contribution in [-0.4, -0.2) is 39.9 Å². The second-order valence-electron chi connectivity index (χ2n) is 3.41. The Kier molecular flexibility index (Phi) is 3.74. The van der Waals surface area contributed by atoms with E-state index in [2.05, 4.69) is 15.9 Å². The van der Waals surface area contributed by atoms with Crippen molar-refractivity contribution in [2.45, 2.75) is 17.7 Å². The van der Waals surface area contributed by atoms with Gasteiger partial charge >= 0.3 is 6.09 Å². The third-order valence-electron chi connectivity index (χ3n) is 2.50. The third-order valence-corrected chi connectivity index (χ3v) is 3.69. The van der Waals surface area contributed by atoms with Crippen LogP contribution in [0, 0.1) is 5.92 Å². The van der Waals surface area contributed by atoms with Crippen LogP contribution in [0.4, 0.5) is 4.79 Å². The molecule has 1 aliphatic heterocycles. The Morgan fingerprint density at radius 3 is 2.29 bits per heavy atom. The van der Waals surface area contributed by atoms with Crippen molar-refractivity contribution in [3.8, 4) is 0 Å². The first-order valence-electron chi connectivity index (χ1n) is 4.43. The number of hydrogen-bond donors (Lipinski definition) is 2. The summed E-state index contributed by atoms with van der Waals surface area (Å²) >= 11 is 3.22. The highest BCUT2D eigenvalue weighted by molar-refractivity contribution is 9.10. The zero-order valence-electron chi connectivity index (χ0n) is 7.65. The van der Waals surface area contributed by atoms with Gasteiger partial charge in [-0.3, -0.25) is 4.79 Å². The number of nitrogens with zero attached hydrogens (tertiary/aromatic N) is 1. The van der Waals surface area contributed by atoms with Gasteiger partial charge in [0.15, 0.2) is 0 Å². The number of piperidine rings is 1. The fraction of sp³-hybridized carbons (Fsp3) is 0.750. The zero-order chi connectivity index (χ0) is 10.7. The van der Waals surface area contributed by atoms with E-state index in [1.54, 1.807) is 0 Å². The summed E-state index contributed by atoms with van der Waals surface area (Å²) in [6, 6.07) is 0. The summed E-state index contributed by atoms with van der Waals surface area (Å²) in [4.78, 5) is 22.5. The van der Waals surface area contributed by atoms with E-state index in [9.17, 15) is 9.59 Å². The van der Waals surface area contributed by atoms with E-state index < -0.39 is 6.09 Å². The molecule has 0 aromatic rings. The Bertz CT molecular complexity index is 239. The van der Waals surface area contributed by atoms with Gasteiger partial charge in [0, 0.05) is 13.1 Å². The SMILES string of the molecule is NC(=O)C(Br)C1CCN(C(=O)O)CC1. The van der Waals surface area contributed by atoms with Crippen LogP contribution in [0.3, 0.4) is 0 Å². The van der Waals surface area contributed by atoms with Crippen LogP contribution in [-0.2, 0) is 4.79 Å². The average Bonchev–Trinajstić information content (AvgIpc) is 2.16. The van der Waals surface area contributed by atoms with Gasteiger partial charge in [-0.2, -0.15) is 0 Å². The molecule has 1 heterocycles. The second kappa shape index (κ2) is 4.63. The molecule has 14 heavy (non-hydrogen) atoms. The van der Waals surface area contributed by atoms with Crippen molar-refractivity contribution >= 4 is 27.9 Å². The highest BCUT2D eigenvalue weighted by atomic mass is 79.9. The number of amides is 2. The monoisotopic (exact) mass is 264 g/mol. The van der Waals surface area contributed by atoms with E-state index in [4.69, 9.17) is 10.8 Å². The number of likely N-dealkylation sites (tertiary alicyclic amines) is 1. The fourth-order valence-electron chi connectivity index (χ4n) is 1.62. The minimum Gasteiger partial charge on any atom is -0.465 e. The van der Waals surface area contributed by atoms with Crippen molar-refractivity contribution in [2.75, 3.05) is 13.1 Å². The lowest BCUT2D eigenvalue weighted by Gasteiger charge is -2.31. The normalized spacial score (nSPS) is 20.5. The van der Waals surface area contributed by atoms with Gasteiger partial charge in [0.05, 0.1) is 4.83 Å². The molecule has 1 aliphatic rings. The van der Waals surface area contributed by atoms with Crippen molar-refractivity contribution in [1.29, 1.82) is 0 Å². The van der Waals surface area contributed by atoms with Gasteiger partial charge in [-0.1, -0.05) is 15.9 Å². The van der Waals surface area contributed by atoms with Crippen molar-refractivity contribution in [2.24, 2.45) is 11.7 Å². The predicted octanol–water partition coefficient (Wildman–Crippen LogP) is 0.625. The Morgan fingerprint density at radius 2 is 1.93 bits per heavy atom. The van der Waals surface area contributed by atoms with Gasteiger partial charge in [-0.15, -0.1) is 0 Å². The van der Waals surface area contributed by atoms with Gasteiger partial charge in [0.1, 0.15) is 0 Å². The molecule has 1 unspecified atom stereocenters. The summed E-state index contributed by atoms with van der Waals surface area (Å²) in [5, 5.41) is 8.69. The standard InChI is InChI=1S/C8H13BrN2O3/c9-6(7(10)12)5-1-3-11(4-2-5)8(13)14/h5-6H,1-4H2,(H2,10,12)(H,13,14). The first kappa shape index (κ1) is 11.3. The highest BCUT2D eigenvalue weighted by Gasteiger charge is 2.29. The molecule has 0 spiro atoms. The number of carboxylic acid groups (broad SMARTS) is 1. The van der Waals surface area contributed by atoms with E-state index in [0.717, 1.165) is 0 Å². The Hall–Kier alpha value is -0.780. The molecule has 0 aliphatic carbocycles. The van der Waals surface area contributed by atoms with Gasteiger partial charge in [-0.25, -0.2) is 4.79 Å². The molecule has 0 bridgehead atoms. The fourth-order valence-corrected chi connectivity index (χ4v) is 2.14. The molecule has 1 fully saturated rings. The summed E-state index contributed by atoms with van der Waals surface area (Å²) in [6.45, 7) is 0.963. The summed E-state index contributed by atoms with van der Waals surface area (Å²) in [5.74, 6) is -0.220. The molecule has 0 aromatic heterocycles. The minimum atomic E-state index is -0.895. The summed E-state index contributed by atoms with van der Waals surface area (Å²) < 4.78 is 0. The number of primary amides is 1. The van der Waals surface area contributed by atoms with Crippen LogP contribution >= 0.6 is 15.9 Å². The van der Waals surface area contributed by atoms with E-state index in [1.165, 1.54) is 4.90 Å². The van der Waals surface area contributed by atoms with Crippen LogP contribution < -0.4 is 5.73 Å². The van der Waals surface area contributed by atoms with Crippen molar-refractivity contribution in [3.05, 3.63) is 0 Å². The summed E-state index contributed by atoms with van der Waals surface area (Å²) in [5.41, 5.74) is 5.15. The largest absolute Gasteiger partial charge is 0.465 e. The quantitative estimate of drug-likeness (QED) is 0.718. The Labute approximate surface area is 90.4 Å². The van der Waals surface area contributed by atoms with Gasteiger partial charge in [-0.05, 0) is 18.8 Å². The highest BCUT2D eigenvalue weighted by Crippen LogP contribution is 2.25. The first-order chi connectivity index (χ1) is 6.52. The topological polar surface area (TPSA) is 83.6 Å². The Morgan fingerprint density at radius 1 is 1.43 bits per heavy atom. The molecule has 80 valence electrons. The number of carbonyl (C=O) groups excluding carboxylic acids is 1. The van der Waals surface area contributed by atoms with Gasteiger partial charge in [0.2, 0.25) is 5.91 Å². The molecule has 0 aromatic carbocycles. The lowest BCUT2D eigenvalue weighted by molar-refractivity contribution is -0.118. The van der Waals surface area contributed by atoms with E-state index in [0.29, 0.717) is 25.9 Å². The molecule has 1 rings (SSSR count). The molecule has 6 heteroatoms. The number of alkyl halides is 1. The molecule has 2 amide bonds. The predicted molar refractivity (Wildman–Crippen MR) is 54.2 cm³/mol. The van der Waals surface area contributed by atoms with Crippen LogP contribution in [0.5, 0.6) is 0 Å². The average molecular weight is 265 g/mol. The van der Waals surface area contributed by atoms with Crippen LogP contribution in [0.15, 0.2) is 0 Å². The molecule has 1 saturated heterocycles. The van der Waals surface area contributed by atoms with Crippen molar-refractivity contribution in [3.63, 3.8) is 0 Å². The molecule has 1 atom stereocenters. The maximum atomic E-state index is 10.9. The lowest BCUT2D eigenvalue weighted by Crippen LogP contribution is -2.42. The van der Waals surface area contributed by atoms with Crippen molar-refractivity contribution < 1.29 is 14.7 Å². The van der Waals surface area contributed by atoms with Crippen LogP contribution in [0.25, 0.3) is 0 Å². The maximum Gasteiger partial charge on any atom is 0.407 e. The van der Waals surface area contributed by atoms with Gasteiger partial charge < -0.3 is 15.7 Å². The van der Waals surface area contributed by atoms with Gasteiger partial charge in [0.25, 0.3) is 0 Å². The van der Waals surface area contributed by atoms with E-state index in [-0.39, 0.29) is 16.7 Å². The lowest BCUT2D eigenvalue weighted by atomic mass is 9.93. The molecular weight excluding hydrogens is 252 g/mol. The number of hydrogen-bond acceptors (Lipinski definition) is 2. The number of rotatable bonds is 2. The second-order valence-corrected chi connectivity index (χ2v) is 4.40. The van der Waals surface area contributed by atoms with Crippen molar-refractivity contribution in [1.82, 2.24) is 4.90 Å². The zero-order valence-corrected chi connectivity index (χ0v) is 9.24. The molecule has 0 radical (unpaired) electrons. The maximum absolute atomic E-state index is 10.9. The van der Waals surface area contributed by atoms with Crippen LogP contribution in [0.2, 0.25) is 0 Å². The number of halogens is 1.